The van der Waals surface area contributed by atoms with Gasteiger partial charge in [0.1, 0.15) is 4.90 Å². The van der Waals surface area contributed by atoms with Crippen molar-refractivity contribution < 1.29 is 13.5 Å². The summed E-state index contributed by atoms with van der Waals surface area (Å²) < 4.78 is 29.3. The predicted molar refractivity (Wildman–Crippen MR) is 82.5 cm³/mol. The van der Waals surface area contributed by atoms with Crippen molar-refractivity contribution in [1.82, 2.24) is 8.87 Å². The van der Waals surface area contributed by atoms with Gasteiger partial charge in [0.2, 0.25) is 10.0 Å². The molecule has 1 fully saturated rings. The van der Waals surface area contributed by atoms with Gasteiger partial charge in [0.25, 0.3) is 0 Å². The minimum atomic E-state index is -3.47. The average Bonchev–Trinajstić information content (AvgIpc) is 2.76. The Balaban J connectivity index is 2.37. The Bertz CT molecular complexity index is 544. The molecule has 0 aliphatic carbocycles. The first-order chi connectivity index (χ1) is 10.0. The second-order valence-corrected chi connectivity index (χ2v) is 7.53. The van der Waals surface area contributed by atoms with Crippen LogP contribution in [0.3, 0.4) is 0 Å². The van der Waals surface area contributed by atoms with Crippen LogP contribution < -0.4 is 0 Å². The first kappa shape index (κ1) is 16.5. The van der Waals surface area contributed by atoms with E-state index in [0.717, 1.165) is 32.1 Å². The van der Waals surface area contributed by atoms with Gasteiger partial charge in [-0.25, -0.2) is 8.42 Å². The standard InChI is InChI=1S/C15H26N2O3S/c1-3-13-8-6-5-7-9-17(13)21(19,20)15-10-14(12-18)16(4-2)11-15/h10-11,13,18H,3-9,12H2,1-2H3. The largest absolute Gasteiger partial charge is 0.390 e. The lowest BCUT2D eigenvalue weighted by atomic mass is 10.1. The van der Waals surface area contributed by atoms with Gasteiger partial charge in [-0.2, -0.15) is 4.31 Å². The molecule has 0 spiro atoms. The molecule has 2 heterocycles. The van der Waals surface area contributed by atoms with E-state index < -0.39 is 10.0 Å². The fourth-order valence-electron chi connectivity index (χ4n) is 3.10. The van der Waals surface area contributed by atoms with Crippen LogP contribution in [-0.4, -0.2) is 35.0 Å². The van der Waals surface area contributed by atoms with Gasteiger partial charge in [0.05, 0.1) is 6.61 Å². The molecule has 1 saturated heterocycles. The van der Waals surface area contributed by atoms with Crippen molar-refractivity contribution in [2.45, 2.75) is 70.0 Å². The van der Waals surface area contributed by atoms with E-state index in [2.05, 4.69) is 6.92 Å². The number of rotatable bonds is 5. The summed E-state index contributed by atoms with van der Waals surface area (Å²) >= 11 is 0. The first-order valence-corrected chi connectivity index (χ1v) is 9.30. The minimum Gasteiger partial charge on any atom is -0.390 e. The third-order valence-corrected chi connectivity index (χ3v) is 6.28. The van der Waals surface area contributed by atoms with Crippen molar-refractivity contribution in [3.05, 3.63) is 18.0 Å². The van der Waals surface area contributed by atoms with Gasteiger partial charge in [-0.1, -0.05) is 19.8 Å². The highest BCUT2D eigenvalue weighted by molar-refractivity contribution is 7.89. The Labute approximate surface area is 127 Å². The van der Waals surface area contributed by atoms with E-state index in [1.165, 1.54) is 0 Å². The second-order valence-electron chi connectivity index (χ2n) is 5.64. The van der Waals surface area contributed by atoms with Crippen LogP contribution in [0, 0.1) is 0 Å². The molecule has 0 radical (unpaired) electrons. The fraction of sp³-hybridized carbons (Fsp3) is 0.733. The normalized spacial score (nSPS) is 21.4. The van der Waals surface area contributed by atoms with Gasteiger partial charge >= 0.3 is 0 Å². The van der Waals surface area contributed by atoms with Gasteiger partial charge in [0, 0.05) is 31.0 Å². The molecule has 0 aromatic carbocycles. The molecule has 2 rings (SSSR count). The Morgan fingerprint density at radius 2 is 2.05 bits per heavy atom. The van der Waals surface area contributed by atoms with Crippen LogP contribution in [0.25, 0.3) is 0 Å². The maximum atomic E-state index is 12.9. The predicted octanol–water partition coefficient (Wildman–Crippen LogP) is 2.34. The van der Waals surface area contributed by atoms with Crippen LogP contribution >= 0.6 is 0 Å². The molecule has 1 aromatic heterocycles. The zero-order valence-corrected chi connectivity index (χ0v) is 13.8. The molecular formula is C15H26N2O3S. The number of sulfonamides is 1. The molecule has 1 aromatic rings. The average molecular weight is 314 g/mol. The van der Waals surface area contributed by atoms with Gasteiger partial charge in [0.15, 0.2) is 0 Å². The summed E-state index contributed by atoms with van der Waals surface area (Å²) in [6.45, 7) is 5.11. The van der Waals surface area contributed by atoms with Crippen molar-refractivity contribution in [2.24, 2.45) is 0 Å². The molecular weight excluding hydrogens is 288 g/mol. The lowest BCUT2D eigenvalue weighted by Crippen LogP contribution is -2.39. The number of aryl methyl sites for hydroxylation is 1. The zero-order chi connectivity index (χ0) is 15.5. The number of nitrogens with zero attached hydrogens (tertiary/aromatic N) is 2. The molecule has 21 heavy (non-hydrogen) atoms. The third kappa shape index (κ3) is 3.33. The van der Waals surface area contributed by atoms with Crippen LogP contribution in [-0.2, 0) is 23.2 Å². The Kier molecular flexibility index (Phi) is 5.46. The summed E-state index contributed by atoms with van der Waals surface area (Å²) in [4.78, 5) is 0.314. The molecule has 0 bridgehead atoms. The Morgan fingerprint density at radius 1 is 1.29 bits per heavy atom. The molecule has 0 amide bonds. The molecule has 6 heteroatoms. The summed E-state index contributed by atoms with van der Waals surface area (Å²) in [6.07, 6.45) is 6.57. The van der Waals surface area contributed by atoms with Crippen molar-refractivity contribution in [2.75, 3.05) is 6.54 Å². The van der Waals surface area contributed by atoms with Gasteiger partial charge < -0.3 is 9.67 Å². The monoisotopic (exact) mass is 314 g/mol. The van der Waals surface area contributed by atoms with Crippen molar-refractivity contribution in [3.8, 4) is 0 Å². The number of hydrogen-bond donors (Lipinski definition) is 1. The highest BCUT2D eigenvalue weighted by atomic mass is 32.2. The van der Waals surface area contributed by atoms with E-state index in [0.29, 0.717) is 23.7 Å². The number of aromatic nitrogens is 1. The smallest absolute Gasteiger partial charge is 0.244 e. The summed E-state index contributed by atoms with van der Waals surface area (Å²) in [6, 6.07) is 1.70. The van der Waals surface area contributed by atoms with Crippen LogP contribution in [0.5, 0.6) is 0 Å². The lowest BCUT2D eigenvalue weighted by molar-refractivity contribution is 0.271. The number of hydrogen-bond acceptors (Lipinski definition) is 3. The van der Waals surface area contributed by atoms with Gasteiger partial charge in [-0.15, -0.1) is 0 Å². The van der Waals surface area contributed by atoms with E-state index in [4.69, 9.17) is 0 Å². The quantitative estimate of drug-likeness (QED) is 0.907. The molecule has 1 aliphatic heterocycles. The summed E-state index contributed by atoms with van der Waals surface area (Å²) in [5, 5.41) is 9.35. The molecule has 1 N–H and O–H groups in total. The van der Waals surface area contributed by atoms with Crippen molar-refractivity contribution in [3.63, 3.8) is 0 Å². The number of aliphatic hydroxyl groups excluding tert-OH is 1. The summed E-state index contributed by atoms with van der Waals surface area (Å²) in [5.41, 5.74) is 0.652. The zero-order valence-electron chi connectivity index (χ0n) is 13.0. The summed E-state index contributed by atoms with van der Waals surface area (Å²) in [5.74, 6) is 0. The highest BCUT2D eigenvalue weighted by Crippen LogP contribution is 2.27. The van der Waals surface area contributed by atoms with Gasteiger partial charge in [-0.3, -0.25) is 0 Å². The molecule has 0 saturated carbocycles. The van der Waals surface area contributed by atoms with Crippen molar-refractivity contribution in [1.29, 1.82) is 0 Å². The third-order valence-electron chi connectivity index (χ3n) is 4.36. The van der Waals surface area contributed by atoms with E-state index in [1.54, 1.807) is 21.1 Å². The van der Waals surface area contributed by atoms with E-state index in [9.17, 15) is 13.5 Å². The van der Waals surface area contributed by atoms with Crippen LogP contribution in [0.4, 0.5) is 0 Å². The van der Waals surface area contributed by atoms with Crippen molar-refractivity contribution >= 4 is 10.0 Å². The van der Waals surface area contributed by atoms with E-state index in [-0.39, 0.29) is 12.6 Å². The van der Waals surface area contributed by atoms with Crippen LogP contribution in [0.2, 0.25) is 0 Å². The first-order valence-electron chi connectivity index (χ1n) is 7.86. The molecule has 1 unspecified atom stereocenters. The Morgan fingerprint density at radius 3 is 2.62 bits per heavy atom. The molecule has 5 nitrogen and oxygen atoms in total. The second kappa shape index (κ2) is 6.94. The topological polar surface area (TPSA) is 62.5 Å². The highest BCUT2D eigenvalue weighted by Gasteiger charge is 2.32. The SMILES string of the molecule is CCC1CCCCCN1S(=O)(=O)c1cc(CO)n(CC)c1. The molecule has 120 valence electrons. The maximum absolute atomic E-state index is 12.9. The molecule has 1 aliphatic rings. The minimum absolute atomic E-state index is 0.0973. The number of aliphatic hydroxyl groups is 1. The maximum Gasteiger partial charge on any atom is 0.244 e. The summed E-state index contributed by atoms with van der Waals surface area (Å²) in [7, 11) is -3.47. The van der Waals surface area contributed by atoms with E-state index in [1.807, 2.05) is 6.92 Å². The fourth-order valence-corrected chi connectivity index (χ4v) is 4.94. The van der Waals surface area contributed by atoms with Crippen LogP contribution in [0.15, 0.2) is 17.2 Å². The van der Waals surface area contributed by atoms with Crippen LogP contribution in [0.1, 0.15) is 51.6 Å². The van der Waals surface area contributed by atoms with Gasteiger partial charge in [-0.05, 0) is 32.3 Å². The van der Waals surface area contributed by atoms with E-state index >= 15 is 0 Å². The Hall–Kier alpha value is -0.850. The lowest BCUT2D eigenvalue weighted by Gasteiger charge is -2.27. The molecule has 1 atom stereocenters.